The third-order valence-corrected chi connectivity index (χ3v) is 4.02. The van der Waals surface area contributed by atoms with Crippen molar-refractivity contribution in [2.75, 3.05) is 19.6 Å². The van der Waals surface area contributed by atoms with Gasteiger partial charge in [-0.3, -0.25) is 14.4 Å². The molecule has 1 aliphatic rings. The van der Waals surface area contributed by atoms with Gasteiger partial charge in [-0.2, -0.15) is 11.1 Å². The van der Waals surface area contributed by atoms with Crippen molar-refractivity contribution in [1.29, 1.82) is 0 Å². The molecule has 10 heteroatoms. The largest absolute Gasteiger partial charge is 0.481 e. The molecule has 10 nitrogen and oxygen atoms in total. The van der Waals surface area contributed by atoms with E-state index < -0.39 is 17.9 Å². The Labute approximate surface area is 140 Å². The molecule has 0 aromatic carbocycles. The molecule has 0 aromatic rings. The lowest BCUT2D eigenvalue weighted by Gasteiger charge is -2.27. The number of carboxylic acid groups (broad SMARTS) is 3. The van der Waals surface area contributed by atoms with Crippen LogP contribution in [0.25, 0.3) is 0 Å². The van der Waals surface area contributed by atoms with Crippen LogP contribution in [0, 0.1) is 11.8 Å². The molecule has 0 spiro atoms. The number of aliphatic carboxylic acids is 3. The van der Waals surface area contributed by atoms with E-state index in [9.17, 15) is 14.4 Å². The van der Waals surface area contributed by atoms with E-state index in [-0.39, 0.29) is 31.2 Å². The summed E-state index contributed by atoms with van der Waals surface area (Å²) < 4.78 is 0. The molecule has 138 valence electrons. The van der Waals surface area contributed by atoms with Crippen LogP contribution >= 0.6 is 0 Å². The number of hydrazine groups is 3. The molecule has 1 rings (SSSR count). The van der Waals surface area contributed by atoms with Crippen LogP contribution in [0.4, 0.5) is 0 Å². The SMILES string of the molecule is O=C(O)CC1CCNNNN(CC(=O)O)CCC(CC(=O)O)CC1. The van der Waals surface area contributed by atoms with Gasteiger partial charge >= 0.3 is 17.9 Å². The van der Waals surface area contributed by atoms with Crippen molar-refractivity contribution >= 4 is 17.9 Å². The van der Waals surface area contributed by atoms with Crippen LogP contribution in [0.5, 0.6) is 0 Å². The van der Waals surface area contributed by atoms with Crippen molar-refractivity contribution in [3.63, 3.8) is 0 Å². The molecule has 1 heterocycles. The van der Waals surface area contributed by atoms with Gasteiger partial charge in [0, 0.05) is 25.9 Å². The second-order valence-corrected chi connectivity index (χ2v) is 6.06. The zero-order chi connectivity index (χ0) is 17.9. The van der Waals surface area contributed by atoms with Crippen molar-refractivity contribution in [3.05, 3.63) is 0 Å². The molecule has 0 aromatic heterocycles. The zero-order valence-corrected chi connectivity index (χ0v) is 13.5. The maximum absolute atomic E-state index is 11.0. The summed E-state index contributed by atoms with van der Waals surface area (Å²) in [6.07, 6.45) is 2.43. The number of nitrogens with one attached hydrogen (secondary N) is 3. The molecule has 0 radical (unpaired) electrons. The predicted molar refractivity (Wildman–Crippen MR) is 83.4 cm³/mol. The van der Waals surface area contributed by atoms with E-state index in [2.05, 4.69) is 16.5 Å². The van der Waals surface area contributed by atoms with Crippen molar-refractivity contribution < 1.29 is 29.7 Å². The fourth-order valence-electron chi connectivity index (χ4n) is 2.80. The molecule has 2 unspecified atom stereocenters. The lowest BCUT2D eigenvalue weighted by atomic mass is 9.88. The Morgan fingerprint density at radius 3 is 2.00 bits per heavy atom. The Morgan fingerprint density at radius 1 is 0.875 bits per heavy atom. The molecule has 24 heavy (non-hydrogen) atoms. The third kappa shape index (κ3) is 9.40. The highest BCUT2D eigenvalue weighted by Crippen LogP contribution is 2.23. The highest BCUT2D eigenvalue weighted by Gasteiger charge is 2.20. The summed E-state index contributed by atoms with van der Waals surface area (Å²) in [5.74, 6) is -2.90. The number of carbonyl (C=O) groups is 3. The maximum atomic E-state index is 11.0. The van der Waals surface area contributed by atoms with E-state index in [0.29, 0.717) is 38.8 Å². The maximum Gasteiger partial charge on any atom is 0.319 e. The third-order valence-electron chi connectivity index (χ3n) is 4.02. The standard InChI is InChI=1S/C14H26N4O6/c19-12(20)7-10-1-2-11(8-13(21)22)4-6-18(9-14(23)24)17-16-15-5-3-10/h10-11,15-17H,1-9H2,(H,19,20)(H,21,22)(H,23,24). The molecule has 0 bridgehead atoms. The summed E-state index contributed by atoms with van der Waals surface area (Å²) in [6.45, 7) is 0.647. The van der Waals surface area contributed by atoms with Gasteiger partial charge in [-0.05, 0) is 37.5 Å². The molecule has 2 atom stereocenters. The lowest BCUT2D eigenvalue weighted by molar-refractivity contribution is -0.141. The van der Waals surface area contributed by atoms with E-state index in [1.165, 1.54) is 5.01 Å². The van der Waals surface area contributed by atoms with Gasteiger partial charge in [0.2, 0.25) is 0 Å². The molecule has 0 amide bonds. The minimum Gasteiger partial charge on any atom is -0.481 e. The fourth-order valence-corrected chi connectivity index (χ4v) is 2.80. The van der Waals surface area contributed by atoms with Gasteiger partial charge in [0.1, 0.15) is 6.54 Å². The number of nitrogens with zero attached hydrogens (tertiary/aromatic N) is 1. The van der Waals surface area contributed by atoms with E-state index in [4.69, 9.17) is 15.3 Å². The minimum atomic E-state index is -0.993. The summed E-state index contributed by atoms with van der Waals surface area (Å²) in [5, 5.41) is 28.4. The van der Waals surface area contributed by atoms with Crippen molar-refractivity contribution in [2.45, 2.75) is 38.5 Å². The van der Waals surface area contributed by atoms with Crippen LogP contribution < -0.4 is 16.5 Å². The van der Waals surface area contributed by atoms with Crippen LogP contribution in [0.15, 0.2) is 0 Å². The minimum absolute atomic E-state index is 0.00756. The van der Waals surface area contributed by atoms with Crippen molar-refractivity contribution in [2.24, 2.45) is 11.8 Å². The summed E-state index contributed by atoms with van der Waals surface area (Å²) in [6, 6.07) is 0. The van der Waals surface area contributed by atoms with E-state index >= 15 is 0 Å². The van der Waals surface area contributed by atoms with Crippen LogP contribution in [0.3, 0.4) is 0 Å². The topological polar surface area (TPSA) is 151 Å². The summed E-state index contributed by atoms with van der Waals surface area (Å²) >= 11 is 0. The van der Waals surface area contributed by atoms with Crippen LogP contribution in [0.2, 0.25) is 0 Å². The number of rotatable bonds is 6. The Hall–Kier alpha value is -1.75. The molecule has 1 saturated heterocycles. The van der Waals surface area contributed by atoms with E-state index in [1.807, 2.05) is 0 Å². The molecule has 1 aliphatic heterocycles. The van der Waals surface area contributed by atoms with Crippen LogP contribution in [-0.4, -0.2) is 57.9 Å². The first-order chi connectivity index (χ1) is 11.4. The predicted octanol–water partition coefficient (Wildman–Crippen LogP) is -0.357. The second kappa shape index (κ2) is 10.9. The first-order valence-corrected chi connectivity index (χ1v) is 8.00. The average molecular weight is 346 g/mol. The van der Waals surface area contributed by atoms with Gasteiger partial charge in [-0.15, -0.1) is 0 Å². The number of carboxylic acids is 3. The van der Waals surface area contributed by atoms with Crippen molar-refractivity contribution in [3.8, 4) is 0 Å². The van der Waals surface area contributed by atoms with Crippen molar-refractivity contribution in [1.82, 2.24) is 21.5 Å². The van der Waals surface area contributed by atoms with E-state index in [1.54, 1.807) is 0 Å². The quantitative estimate of drug-likeness (QED) is 0.376. The molecule has 0 saturated carbocycles. The molecule has 1 fully saturated rings. The van der Waals surface area contributed by atoms with Gasteiger partial charge in [0.05, 0.1) is 0 Å². The number of hydrogen-bond acceptors (Lipinski definition) is 7. The molecular formula is C14H26N4O6. The zero-order valence-electron chi connectivity index (χ0n) is 13.5. The molecule has 6 N–H and O–H groups in total. The first-order valence-electron chi connectivity index (χ1n) is 8.00. The Morgan fingerprint density at radius 2 is 1.46 bits per heavy atom. The number of hydrogen-bond donors (Lipinski definition) is 6. The second-order valence-electron chi connectivity index (χ2n) is 6.06. The normalized spacial score (nSPS) is 24.5. The van der Waals surface area contributed by atoms with E-state index in [0.717, 1.165) is 0 Å². The van der Waals surface area contributed by atoms with Gasteiger partial charge in [0.15, 0.2) is 0 Å². The Bertz CT molecular complexity index is 403. The van der Waals surface area contributed by atoms with Gasteiger partial charge in [0.25, 0.3) is 0 Å². The molecular weight excluding hydrogens is 320 g/mol. The smallest absolute Gasteiger partial charge is 0.319 e. The monoisotopic (exact) mass is 346 g/mol. The Kier molecular flexibility index (Phi) is 9.23. The highest BCUT2D eigenvalue weighted by atomic mass is 16.4. The van der Waals surface area contributed by atoms with Gasteiger partial charge in [-0.25, -0.2) is 10.4 Å². The van der Waals surface area contributed by atoms with Crippen LogP contribution in [0.1, 0.15) is 38.5 Å². The summed E-state index contributed by atoms with van der Waals surface area (Å²) in [7, 11) is 0. The van der Waals surface area contributed by atoms with Gasteiger partial charge in [-0.1, -0.05) is 0 Å². The van der Waals surface area contributed by atoms with Crippen LogP contribution in [-0.2, 0) is 14.4 Å². The first kappa shape index (κ1) is 20.3. The summed E-state index contributed by atoms with van der Waals surface area (Å²) in [5.41, 5.74) is 8.28. The Balaban J connectivity index is 2.68. The fraction of sp³-hybridized carbons (Fsp3) is 0.786. The highest BCUT2D eigenvalue weighted by molar-refractivity contribution is 5.69. The van der Waals surface area contributed by atoms with Gasteiger partial charge < -0.3 is 15.3 Å². The summed E-state index contributed by atoms with van der Waals surface area (Å²) in [4.78, 5) is 32.8. The molecule has 0 aliphatic carbocycles. The lowest BCUT2D eigenvalue weighted by Crippen LogP contribution is -2.55. The average Bonchev–Trinajstić information content (AvgIpc) is 2.45.